The number of amides is 1. The van der Waals surface area contributed by atoms with Crippen molar-refractivity contribution in [2.45, 2.75) is 32.4 Å². The number of imidazole rings is 1. The lowest BCUT2D eigenvalue weighted by Crippen LogP contribution is -2.30. The van der Waals surface area contributed by atoms with Crippen molar-refractivity contribution in [3.63, 3.8) is 0 Å². The van der Waals surface area contributed by atoms with Crippen LogP contribution in [0.1, 0.15) is 31.5 Å². The minimum atomic E-state index is -0.208. The Labute approximate surface area is 160 Å². The van der Waals surface area contributed by atoms with Crippen molar-refractivity contribution in [3.05, 3.63) is 71.3 Å². The molecule has 0 spiro atoms. The molecule has 8 heteroatoms. The van der Waals surface area contributed by atoms with Gasteiger partial charge in [-0.1, -0.05) is 19.1 Å². The number of nitrogens with zero attached hydrogens (tertiary/aromatic N) is 5. The number of hydrogen-bond donors (Lipinski definition) is 1. The topological polar surface area (TPSA) is 94.2 Å². The number of fused-ring (bicyclic) bond motifs is 2. The molecule has 1 atom stereocenters. The Morgan fingerprint density at radius 1 is 1.21 bits per heavy atom. The van der Waals surface area contributed by atoms with E-state index in [-0.39, 0.29) is 30.5 Å². The number of benzene rings is 1. The number of carbonyl (C=O) groups excluding carboxylic acids is 1. The lowest BCUT2D eigenvalue weighted by Gasteiger charge is -2.15. The smallest absolute Gasteiger partial charge is 0.261 e. The fourth-order valence-corrected chi connectivity index (χ4v) is 3.16. The number of aromatic nitrogens is 5. The van der Waals surface area contributed by atoms with Crippen LogP contribution in [0.5, 0.6) is 0 Å². The molecule has 0 aliphatic carbocycles. The third-order valence-corrected chi connectivity index (χ3v) is 4.67. The van der Waals surface area contributed by atoms with E-state index in [1.54, 1.807) is 24.4 Å². The Kier molecular flexibility index (Phi) is 4.84. The monoisotopic (exact) mass is 376 g/mol. The van der Waals surface area contributed by atoms with Crippen molar-refractivity contribution in [1.29, 1.82) is 0 Å². The molecular weight excluding hydrogens is 356 g/mol. The Hall–Kier alpha value is -3.55. The molecule has 0 unspecified atom stereocenters. The Bertz CT molecular complexity index is 1160. The van der Waals surface area contributed by atoms with Gasteiger partial charge in [-0.15, -0.1) is 0 Å². The van der Waals surface area contributed by atoms with Gasteiger partial charge in [-0.3, -0.25) is 18.6 Å². The van der Waals surface area contributed by atoms with Gasteiger partial charge in [0.1, 0.15) is 0 Å². The molecule has 0 fully saturated rings. The van der Waals surface area contributed by atoms with Crippen molar-refractivity contribution in [2.75, 3.05) is 0 Å². The molecule has 3 heterocycles. The molecular formula is C20H20N6O2. The summed E-state index contributed by atoms with van der Waals surface area (Å²) >= 11 is 0. The lowest BCUT2D eigenvalue weighted by atomic mass is 10.1. The summed E-state index contributed by atoms with van der Waals surface area (Å²) < 4.78 is 3.29. The van der Waals surface area contributed by atoms with Gasteiger partial charge in [0.25, 0.3) is 5.56 Å². The summed E-state index contributed by atoms with van der Waals surface area (Å²) in [7, 11) is 0. The summed E-state index contributed by atoms with van der Waals surface area (Å²) in [6.07, 6.45) is 7.79. The van der Waals surface area contributed by atoms with Crippen LogP contribution in [0.15, 0.2) is 60.0 Å². The number of nitrogens with one attached hydrogen (secondary N) is 1. The molecule has 3 aromatic heterocycles. The minimum absolute atomic E-state index is 0.142. The van der Waals surface area contributed by atoms with E-state index >= 15 is 0 Å². The van der Waals surface area contributed by atoms with Gasteiger partial charge in [-0.2, -0.15) is 0 Å². The fraction of sp³-hybridized carbons (Fsp3) is 0.250. The second-order valence-electron chi connectivity index (χ2n) is 6.53. The zero-order valence-electron chi connectivity index (χ0n) is 15.4. The van der Waals surface area contributed by atoms with Crippen LogP contribution in [0, 0.1) is 0 Å². The maximum absolute atomic E-state index is 12.5. The highest BCUT2D eigenvalue weighted by molar-refractivity contribution is 5.77. The summed E-state index contributed by atoms with van der Waals surface area (Å²) in [4.78, 5) is 37.9. The van der Waals surface area contributed by atoms with Gasteiger partial charge in [-0.25, -0.2) is 15.0 Å². The van der Waals surface area contributed by atoms with E-state index in [0.29, 0.717) is 23.1 Å². The predicted octanol–water partition coefficient (Wildman–Crippen LogP) is 2.10. The van der Waals surface area contributed by atoms with Crippen molar-refractivity contribution in [1.82, 2.24) is 29.2 Å². The Balaban J connectivity index is 1.45. The largest absolute Gasteiger partial charge is 0.348 e. The molecule has 1 N–H and O–H groups in total. The highest BCUT2D eigenvalue weighted by Crippen LogP contribution is 2.16. The Morgan fingerprint density at radius 2 is 2.07 bits per heavy atom. The lowest BCUT2D eigenvalue weighted by molar-refractivity contribution is -0.122. The maximum Gasteiger partial charge on any atom is 0.261 e. The quantitative estimate of drug-likeness (QED) is 0.556. The standard InChI is InChI=1S/C20H20N6O2/c1-2-15(17-12-25-10-5-9-21-20(25)24-17)23-18(27)8-11-26-13-22-16-7-4-3-6-14(16)19(26)28/h3-7,9-10,12-13,15H,2,8,11H2,1H3,(H,23,27)/t15-/m0/s1. The van der Waals surface area contributed by atoms with E-state index in [9.17, 15) is 9.59 Å². The number of rotatable bonds is 6. The van der Waals surface area contributed by atoms with Crippen LogP contribution in [-0.4, -0.2) is 29.8 Å². The molecule has 0 saturated heterocycles. The van der Waals surface area contributed by atoms with E-state index in [2.05, 4.69) is 20.3 Å². The molecule has 1 aromatic carbocycles. The molecule has 0 bridgehead atoms. The van der Waals surface area contributed by atoms with Gasteiger partial charge in [0.05, 0.1) is 29.0 Å². The molecule has 0 aliphatic rings. The number of para-hydroxylation sites is 1. The average Bonchev–Trinajstić information content (AvgIpc) is 3.15. The second-order valence-corrected chi connectivity index (χ2v) is 6.53. The van der Waals surface area contributed by atoms with Gasteiger partial charge in [0.15, 0.2) is 0 Å². The average molecular weight is 376 g/mol. The number of hydrogen-bond acceptors (Lipinski definition) is 5. The Morgan fingerprint density at radius 3 is 2.89 bits per heavy atom. The first-order valence-corrected chi connectivity index (χ1v) is 9.19. The van der Waals surface area contributed by atoms with Gasteiger partial charge >= 0.3 is 0 Å². The van der Waals surface area contributed by atoms with Gasteiger partial charge < -0.3 is 5.32 Å². The molecule has 4 rings (SSSR count). The minimum Gasteiger partial charge on any atom is -0.348 e. The molecule has 142 valence electrons. The summed E-state index contributed by atoms with van der Waals surface area (Å²) in [6, 6.07) is 8.80. The molecule has 0 saturated carbocycles. The maximum atomic E-state index is 12.5. The zero-order valence-corrected chi connectivity index (χ0v) is 15.4. The summed E-state index contributed by atoms with van der Waals surface area (Å²) in [6.45, 7) is 2.26. The van der Waals surface area contributed by atoms with E-state index in [4.69, 9.17) is 0 Å². The zero-order chi connectivity index (χ0) is 19.5. The van der Waals surface area contributed by atoms with Crippen LogP contribution in [0.2, 0.25) is 0 Å². The van der Waals surface area contributed by atoms with Crippen molar-refractivity contribution in [2.24, 2.45) is 0 Å². The molecule has 4 aromatic rings. The third kappa shape index (κ3) is 3.48. The van der Waals surface area contributed by atoms with Gasteiger partial charge in [-0.05, 0) is 24.6 Å². The van der Waals surface area contributed by atoms with E-state index in [1.165, 1.54) is 10.9 Å². The van der Waals surface area contributed by atoms with Crippen molar-refractivity contribution >= 4 is 22.6 Å². The van der Waals surface area contributed by atoms with Gasteiger partial charge in [0.2, 0.25) is 11.7 Å². The molecule has 28 heavy (non-hydrogen) atoms. The highest BCUT2D eigenvalue weighted by Gasteiger charge is 2.16. The van der Waals surface area contributed by atoms with Crippen molar-refractivity contribution in [3.8, 4) is 0 Å². The van der Waals surface area contributed by atoms with E-state index < -0.39 is 0 Å². The van der Waals surface area contributed by atoms with Crippen LogP contribution < -0.4 is 10.9 Å². The first-order valence-electron chi connectivity index (χ1n) is 9.19. The van der Waals surface area contributed by atoms with Crippen LogP contribution in [0.3, 0.4) is 0 Å². The van der Waals surface area contributed by atoms with E-state index in [0.717, 1.165) is 5.69 Å². The number of carbonyl (C=O) groups is 1. The summed E-state index contributed by atoms with van der Waals surface area (Å²) in [5.41, 5.74) is 1.27. The van der Waals surface area contributed by atoms with Crippen molar-refractivity contribution < 1.29 is 4.79 Å². The summed E-state index contributed by atoms with van der Waals surface area (Å²) in [5.74, 6) is 0.455. The number of aryl methyl sites for hydroxylation is 1. The third-order valence-electron chi connectivity index (χ3n) is 4.67. The van der Waals surface area contributed by atoms with Crippen LogP contribution >= 0.6 is 0 Å². The molecule has 0 radical (unpaired) electrons. The van der Waals surface area contributed by atoms with E-state index in [1.807, 2.05) is 35.9 Å². The molecule has 8 nitrogen and oxygen atoms in total. The fourth-order valence-electron chi connectivity index (χ4n) is 3.16. The van der Waals surface area contributed by atoms with Crippen LogP contribution in [-0.2, 0) is 11.3 Å². The molecule has 1 amide bonds. The first kappa shape index (κ1) is 17.8. The van der Waals surface area contributed by atoms with Gasteiger partial charge in [0, 0.05) is 31.6 Å². The van der Waals surface area contributed by atoms with Crippen LogP contribution in [0.4, 0.5) is 0 Å². The predicted molar refractivity (Wildman–Crippen MR) is 105 cm³/mol. The normalized spacial score (nSPS) is 12.3. The van der Waals surface area contributed by atoms with Crippen LogP contribution in [0.25, 0.3) is 16.7 Å². The molecule has 0 aliphatic heterocycles. The second kappa shape index (κ2) is 7.59. The summed E-state index contributed by atoms with van der Waals surface area (Å²) in [5, 5.41) is 3.54. The SMILES string of the molecule is CC[C@H](NC(=O)CCn1cnc2ccccc2c1=O)c1cn2cccnc2n1. The first-order chi connectivity index (χ1) is 13.7. The highest BCUT2D eigenvalue weighted by atomic mass is 16.2.